The van der Waals surface area contributed by atoms with Crippen molar-refractivity contribution in [3.63, 3.8) is 0 Å². The number of carbonyl (C=O) groups excluding carboxylic acids is 1. The summed E-state index contributed by atoms with van der Waals surface area (Å²) < 4.78 is 43.0. The second kappa shape index (κ2) is 9.70. The maximum atomic E-state index is 12.0. The number of rotatable bonds is 3. The Balaban J connectivity index is 0.000000321. The Hall–Kier alpha value is -1.39. The number of ether oxygens (including phenoxy) is 2. The number of carboxylic acids is 1. The number of nitrogens with zero attached hydrogens (tertiary/aromatic N) is 1. The van der Waals surface area contributed by atoms with Crippen molar-refractivity contribution in [2.24, 2.45) is 11.8 Å². The minimum absolute atomic E-state index is 0.0826. The lowest BCUT2D eigenvalue weighted by molar-refractivity contribution is -0.192. The average Bonchev–Trinajstić information content (AvgIpc) is 3.10. The molecule has 3 fully saturated rings. The Morgan fingerprint density at radius 2 is 1.81 bits per heavy atom. The van der Waals surface area contributed by atoms with Gasteiger partial charge in [0, 0.05) is 46.0 Å². The number of alkyl halides is 3. The summed E-state index contributed by atoms with van der Waals surface area (Å²) in [7, 11) is 1.73. The molecule has 0 radical (unpaired) electrons. The van der Waals surface area contributed by atoms with Crippen molar-refractivity contribution in [2.75, 3.05) is 40.0 Å². The number of carbonyl (C=O) groups is 2. The van der Waals surface area contributed by atoms with Crippen molar-refractivity contribution >= 4 is 11.9 Å². The lowest BCUT2D eigenvalue weighted by atomic mass is 9.87. The van der Waals surface area contributed by atoms with Crippen LogP contribution < -0.4 is 5.32 Å². The number of nitrogens with one attached hydrogen (secondary N) is 1. The molecule has 0 bridgehead atoms. The molecule has 1 amide bonds. The number of carboxylic acid groups (broad SMARTS) is 1. The lowest BCUT2D eigenvalue weighted by Crippen LogP contribution is -2.54. The summed E-state index contributed by atoms with van der Waals surface area (Å²) in [5.74, 6) is -1.80. The number of likely N-dealkylation sites (tertiary alicyclic amines) is 1. The molecule has 27 heavy (non-hydrogen) atoms. The van der Waals surface area contributed by atoms with Gasteiger partial charge in [-0.05, 0) is 31.6 Å². The fraction of sp³-hybridized carbons (Fsp3) is 0.882. The number of hydrogen-bond acceptors (Lipinski definition) is 5. The first kappa shape index (κ1) is 21.9. The van der Waals surface area contributed by atoms with E-state index < -0.39 is 12.1 Å². The molecule has 0 unspecified atom stereocenters. The zero-order valence-corrected chi connectivity index (χ0v) is 15.3. The molecule has 3 atom stereocenters. The molecule has 2 N–H and O–H groups in total. The molecule has 0 aromatic heterocycles. The monoisotopic (exact) mass is 396 g/mol. The maximum absolute atomic E-state index is 12.0. The first-order valence-electron chi connectivity index (χ1n) is 9.17. The number of amides is 1. The summed E-state index contributed by atoms with van der Waals surface area (Å²) in [5.41, 5.74) is 0. The van der Waals surface area contributed by atoms with E-state index in [1.54, 1.807) is 7.05 Å². The van der Waals surface area contributed by atoms with Gasteiger partial charge in [0.1, 0.15) is 0 Å². The molecule has 0 saturated carbocycles. The fourth-order valence-electron chi connectivity index (χ4n) is 3.92. The highest BCUT2D eigenvalue weighted by Crippen LogP contribution is 2.32. The fourth-order valence-corrected chi connectivity index (χ4v) is 3.92. The molecule has 3 heterocycles. The van der Waals surface area contributed by atoms with Crippen molar-refractivity contribution < 1.29 is 37.3 Å². The normalized spacial score (nSPS) is 29.4. The molecule has 7 nitrogen and oxygen atoms in total. The lowest BCUT2D eigenvalue weighted by Gasteiger charge is -2.42. The Bertz CT molecular complexity index is 511. The van der Waals surface area contributed by atoms with Gasteiger partial charge in [0.25, 0.3) is 0 Å². The van der Waals surface area contributed by atoms with E-state index in [0.29, 0.717) is 12.0 Å². The van der Waals surface area contributed by atoms with E-state index >= 15 is 0 Å². The van der Waals surface area contributed by atoms with Crippen LogP contribution in [0.25, 0.3) is 0 Å². The van der Waals surface area contributed by atoms with Gasteiger partial charge in [0.2, 0.25) is 5.91 Å². The van der Waals surface area contributed by atoms with E-state index in [0.717, 1.165) is 58.6 Å². The summed E-state index contributed by atoms with van der Waals surface area (Å²) in [5, 5.41) is 9.92. The van der Waals surface area contributed by atoms with Crippen molar-refractivity contribution in [1.82, 2.24) is 10.2 Å². The molecule has 3 aliphatic heterocycles. The summed E-state index contributed by atoms with van der Waals surface area (Å²) in [6, 6.07) is 0.527. The summed E-state index contributed by atoms with van der Waals surface area (Å²) in [4.78, 5) is 23.4. The van der Waals surface area contributed by atoms with Gasteiger partial charge in [-0.3, -0.25) is 9.69 Å². The number of piperidine rings is 1. The highest BCUT2D eigenvalue weighted by atomic mass is 19.4. The van der Waals surface area contributed by atoms with Gasteiger partial charge in [-0.15, -0.1) is 0 Å². The SMILES string of the molecule is CNC(=O)[C@H]1C[C@H]2OCC[C@H]2N(CC2CCOCC2)C1.O=C(O)C(F)(F)F. The minimum Gasteiger partial charge on any atom is -0.475 e. The second-order valence-electron chi connectivity index (χ2n) is 7.12. The average molecular weight is 396 g/mol. The zero-order chi connectivity index (χ0) is 20.0. The van der Waals surface area contributed by atoms with E-state index in [1.165, 1.54) is 0 Å². The molecule has 156 valence electrons. The zero-order valence-electron chi connectivity index (χ0n) is 15.3. The molecule has 3 rings (SSSR count). The van der Waals surface area contributed by atoms with Crippen LogP contribution in [-0.4, -0.2) is 80.2 Å². The third kappa shape index (κ3) is 6.32. The van der Waals surface area contributed by atoms with E-state index in [-0.39, 0.29) is 17.9 Å². The second-order valence-corrected chi connectivity index (χ2v) is 7.12. The van der Waals surface area contributed by atoms with E-state index in [9.17, 15) is 18.0 Å². The summed E-state index contributed by atoms with van der Waals surface area (Å²) >= 11 is 0. The Morgan fingerprint density at radius 3 is 2.37 bits per heavy atom. The molecule has 0 aromatic rings. The molecule has 0 spiro atoms. The van der Waals surface area contributed by atoms with Crippen LogP contribution in [0.5, 0.6) is 0 Å². The largest absolute Gasteiger partial charge is 0.490 e. The van der Waals surface area contributed by atoms with Crippen LogP contribution in [0, 0.1) is 11.8 Å². The molecular formula is C17H27F3N2O5. The van der Waals surface area contributed by atoms with Crippen LogP contribution in [0.15, 0.2) is 0 Å². The predicted octanol–water partition coefficient (Wildman–Crippen LogP) is 1.27. The van der Waals surface area contributed by atoms with Gasteiger partial charge in [0.15, 0.2) is 0 Å². The number of fused-ring (bicyclic) bond motifs is 1. The highest BCUT2D eigenvalue weighted by molar-refractivity contribution is 5.78. The van der Waals surface area contributed by atoms with Gasteiger partial charge in [-0.2, -0.15) is 13.2 Å². The van der Waals surface area contributed by atoms with Crippen LogP contribution in [-0.2, 0) is 19.1 Å². The summed E-state index contributed by atoms with van der Waals surface area (Å²) in [6.07, 6.45) is -0.521. The Kier molecular flexibility index (Phi) is 7.87. The highest BCUT2D eigenvalue weighted by Gasteiger charge is 2.42. The molecule has 3 saturated heterocycles. The number of hydrogen-bond donors (Lipinski definition) is 2. The van der Waals surface area contributed by atoms with Crippen molar-refractivity contribution in [3.8, 4) is 0 Å². The molecule has 10 heteroatoms. The maximum Gasteiger partial charge on any atom is 0.490 e. The first-order chi connectivity index (χ1) is 12.7. The van der Waals surface area contributed by atoms with Crippen LogP contribution in [0.4, 0.5) is 13.2 Å². The first-order valence-corrected chi connectivity index (χ1v) is 9.17. The van der Waals surface area contributed by atoms with Gasteiger partial charge < -0.3 is 19.9 Å². The number of aliphatic carboxylic acids is 1. The topological polar surface area (TPSA) is 88.1 Å². The van der Waals surface area contributed by atoms with Crippen LogP contribution in [0.3, 0.4) is 0 Å². The predicted molar refractivity (Wildman–Crippen MR) is 89.1 cm³/mol. The smallest absolute Gasteiger partial charge is 0.475 e. The molecule has 0 aliphatic carbocycles. The molecule has 0 aromatic carbocycles. The third-order valence-electron chi connectivity index (χ3n) is 5.31. The van der Waals surface area contributed by atoms with Crippen molar-refractivity contribution in [2.45, 2.75) is 44.0 Å². The third-order valence-corrected chi connectivity index (χ3v) is 5.31. The Morgan fingerprint density at radius 1 is 1.19 bits per heavy atom. The quantitative estimate of drug-likeness (QED) is 0.747. The van der Waals surface area contributed by atoms with E-state index in [4.69, 9.17) is 19.4 Å². The van der Waals surface area contributed by atoms with Crippen LogP contribution >= 0.6 is 0 Å². The molecule has 3 aliphatic rings. The van der Waals surface area contributed by atoms with Gasteiger partial charge in [0.05, 0.1) is 12.0 Å². The minimum atomic E-state index is -5.08. The Labute approximate surface area is 156 Å². The van der Waals surface area contributed by atoms with Crippen LogP contribution in [0.2, 0.25) is 0 Å². The van der Waals surface area contributed by atoms with Gasteiger partial charge in [-0.25, -0.2) is 4.79 Å². The van der Waals surface area contributed by atoms with Crippen LogP contribution in [0.1, 0.15) is 25.7 Å². The van der Waals surface area contributed by atoms with Crippen molar-refractivity contribution in [1.29, 1.82) is 0 Å². The number of halogens is 3. The van der Waals surface area contributed by atoms with Gasteiger partial charge in [-0.1, -0.05) is 0 Å². The summed E-state index contributed by atoms with van der Waals surface area (Å²) in [6.45, 7) is 4.62. The standard InChI is InChI=1S/C15H26N2O3.C2HF3O2/c1-16-15(18)12-8-14-13(4-7-20-14)17(10-12)9-11-2-5-19-6-3-11;3-2(4,5)1(6)7/h11-14H,2-10H2,1H3,(H,16,18);(H,6,7)/t12-,13+,14+;/m0./s1. The van der Waals surface area contributed by atoms with Gasteiger partial charge >= 0.3 is 12.1 Å². The van der Waals surface area contributed by atoms with E-state index in [1.807, 2.05) is 0 Å². The molecular weight excluding hydrogens is 369 g/mol. The van der Waals surface area contributed by atoms with E-state index in [2.05, 4.69) is 10.2 Å². The van der Waals surface area contributed by atoms with Crippen molar-refractivity contribution in [3.05, 3.63) is 0 Å².